The molecule has 0 unspecified atom stereocenters. The van der Waals surface area contributed by atoms with Gasteiger partial charge in [0.1, 0.15) is 17.3 Å². The molecule has 1 amide bonds. The molecule has 2 rings (SSSR count). The Hall–Kier alpha value is -2.31. The van der Waals surface area contributed by atoms with Crippen LogP contribution in [0.15, 0.2) is 18.2 Å². The van der Waals surface area contributed by atoms with Crippen LogP contribution in [0.25, 0.3) is 11.3 Å². The number of nitrogens with zero attached hydrogens (tertiary/aromatic N) is 2. The average Bonchev–Trinajstić information content (AvgIpc) is 2.66. The number of H-pyrrole nitrogens is 1. The van der Waals surface area contributed by atoms with Crippen molar-refractivity contribution in [1.29, 1.82) is 0 Å². The normalized spacial score (nSPS) is 10.4. The molecule has 1 heterocycles. The van der Waals surface area contributed by atoms with E-state index in [1.807, 2.05) is 0 Å². The number of nitrogens with one attached hydrogen (secondary N) is 1. The third-order valence-electron chi connectivity index (χ3n) is 1.98. The molecule has 1 aromatic heterocycles. The van der Waals surface area contributed by atoms with E-state index in [1.165, 1.54) is 6.07 Å². The summed E-state index contributed by atoms with van der Waals surface area (Å²) in [6, 6.07) is 2.93. The Labute approximate surface area is 88.3 Å². The van der Waals surface area contributed by atoms with Gasteiger partial charge < -0.3 is 5.73 Å². The minimum absolute atomic E-state index is 0.0137. The van der Waals surface area contributed by atoms with Crippen molar-refractivity contribution in [3.63, 3.8) is 0 Å². The van der Waals surface area contributed by atoms with Gasteiger partial charge in [-0.1, -0.05) is 5.21 Å². The second-order valence-corrected chi connectivity index (χ2v) is 3.02. The molecule has 16 heavy (non-hydrogen) atoms. The van der Waals surface area contributed by atoms with Crippen LogP contribution in [0.5, 0.6) is 0 Å². The number of primary amides is 1. The van der Waals surface area contributed by atoms with E-state index in [1.54, 1.807) is 0 Å². The molecule has 0 fully saturated rings. The lowest BCUT2D eigenvalue weighted by molar-refractivity contribution is 0.0996. The van der Waals surface area contributed by atoms with Crippen LogP contribution in [0.1, 0.15) is 10.5 Å². The van der Waals surface area contributed by atoms with Crippen LogP contribution in [-0.4, -0.2) is 21.3 Å². The Balaban J connectivity index is 2.59. The molecule has 3 N–H and O–H groups in total. The number of carbonyl (C=O) groups excluding carboxylic acids is 1. The highest BCUT2D eigenvalue weighted by Gasteiger charge is 2.17. The molecular weight excluding hydrogens is 218 g/mol. The van der Waals surface area contributed by atoms with Crippen molar-refractivity contribution >= 4 is 5.91 Å². The van der Waals surface area contributed by atoms with Crippen molar-refractivity contribution in [1.82, 2.24) is 15.4 Å². The number of aromatic nitrogens is 3. The number of nitrogens with two attached hydrogens (primary N) is 1. The van der Waals surface area contributed by atoms with E-state index in [0.29, 0.717) is 6.07 Å². The van der Waals surface area contributed by atoms with Crippen LogP contribution in [-0.2, 0) is 0 Å². The first kappa shape index (κ1) is 10.2. The minimum Gasteiger partial charge on any atom is -0.364 e. The summed E-state index contributed by atoms with van der Waals surface area (Å²) in [6.07, 6.45) is 0. The maximum absolute atomic E-state index is 13.4. The molecular formula is C9H6F2N4O. The highest BCUT2D eigenvalue weighted by molar-refractivity contribution is 5.96. The average molecular weight is 224 g/mol. The summed E-state index contributed by atoms with van der Waals surface area (Å²) in [7, 11) is 0. The summed E-state index contributed by atoms with van der Waals surface area (Å²) in [6.45, 7) is 0. The lowest BCUT2D eigenvalue weighted by Crippen LogP contribution is -2.13. The zero-order valence-corrected chi connectivity index (χ0v) is 7.87. The van der Waals surface area contributed by atoms with Gasteiger partial charge in [-0.05, 0) is 12.1 Å². The van der Waals surface area contributed by atoms with Gasteiger partial charge in [0.05, 0.1) is 0 Å². The molecule has 0 bridgehead atoms. The second kappa shape index (κ2) is 3.69. The van der Waals surface area contributed by atoms with Gasteiger partial charge in [-0.3, -0.25) is 9.89 Å². The highest BCUT2D eigenvalue weighted by Crippen LogP contribution is 2.23. The van der Waals surface area contributed by atoms with Gasteiger partial charge in [-0.2, -0.15) is 0 Å². The van der Waals surface area contributed by atoms with E-state index in [4.69, 9.17) is 5.73 Å². The van der Waals surface area contributed by atoms with Crippen LogP contribution >= 0.6 is 0 Å². The van der Waals surface area contributed by atoms with Gasteiger partial charge in [0.15, 0.2) is 5.69 Å². The third kappa shape index (κ3) is 1.62. The molecule has 5 nitrogen and oxygen atoms in total. The number of halogens is 2. The SMILES string of the molecule is NC(=O)c1nn[nH]c1-c1ccc(F)cc1F. The van der Waals surface area contributed by atoms with Crippen LogP contribution in [0.3, 0.4) is 0 Å². The van der Waals surface area contributed by atoms with Crippen molar-refractivity contribution < 1.29 is 13.6 Å². The summed E-state index contributed by atoms with van der Waals surface area (Å²) in [5.41, 5.74) is 4.85. The number of benzene rings is 1. The topological polar surface area (TPSA) is 84.7 Å². The lowest BCUT2D eigenvalue weighted by Gasteiger charge is -2.00. The van der Waals surface area contributed by atoms with E-state index in [0.717, 1.165) is 6.07 Å². The van der Waals surface area contributed by atoms with Crippen molar-refractivity contribution in [2.24, 2.45) is 5.73 Å². The number of amides is 1. The molecule has 2 aromatic rings. The van der Waals surface area contributed by atoms with Gasteiger partial charge >= 0.3 is 0 Å². The minimum atomic E-state index is -0.840. The zero-order valence-electron chi connectivity index (χ0n) is 7.87. The number of aromatic amines is 1. The molecule has 0 saturated heterocycles. The van der Waals surface area contributed by atoms with Gasteiger partial charge in [-0.15, -0.1) is 5.10 Å². The first-order valence-electron chi connectivity index (χ1n) is 4.26. The Morgan fingerprint density at radius 2 is 2.12 bits per heavy atom. The van der Waals surface area contributed by atoms with E-state index < -0.39 is 17.5 Å². The van der Waals surface area contributed by atoms with E-state index in [-0.39, 0.29) is 17.0 Å². The van der Waals surface area contributed by atoms with E-state index in [2.05, 4.69) is 15.4 Å². The smallest absolute Gasteiger partial charge is 0.271 e. The Morgan fingerprint density at radius 3 is 2.75 bits per heavy atom. The van der Waals surface area contributed by atoms with Crippen molar-refractivity contribution in [2.75, 3.05) is 0 Å². The van der Waals surface area contributed by atoms with Crippen molar-refractivity contribution in [2.45, 2.75) is 0 Å². The van der Waals surface area contributed by atoms with Crippen LogP contribution in [0.4, 0.5) is 8.78 Å². The summed E-state index contributed by atoms with van der Waals surface area (Å²) in [4.78, 5) is 10.9. The second-order valence-electron chi connectivity index (χ2n) is 3.02. The van der Waals surface area contributed by atoms with Crippen molar-refractivity contribution in [3.05, 3.63) is 35.5 Å². The molecule has 7 heteroatoms. The standard InChI is InChI=1S/C9H6F2N4O/c10-4-1-2-5(6(11)3-4)7-8(9(12)16)14-15-13-7/h1-3H,(H2,12,16)(H,13,14,15). The number of hydrogen-bond acceptors (Lipinski definition) is 3. The Kier molecular flexibility index (Phi) is 2.35. The fourth-order valence-electron chi connectivity index (χ4n) is 1.28. The maximum Gasteiger partial charge on any atom is 0.271 e. The van der Waals surface area contributed by atoms with E-state index in [9.17, 15) is 13.6 Å². The van der Waals surface area contributed by atoms with Crippen LogP contribution in [0, 0.1) is 11.6 Å². The molecule has 82 valence electrons. The highest BCUT2D eigenvalue weighted by atomic mass is 19.1. The monoisotopic (exact) mass is 224 g/mol. The zero-order chi connectivity index (χ0) is 11.7. The molecule has 0 spiro atoms. The molecule has 0 saturated carbocycles. The van der Waals surface area contributed by atoms with Crippen molar-refractivity contribution in [3.8, 4) is 11.3 Å². The summed E-state index contributed by atoms with van der Waals surface area (Å²) >= 11 is 0. The Bertz CT molecular complexity index is 552. The molecule has 0 aliphatic rings. The Morgan fingerprint density at radius 1 is 1.38 bits per heavy atom. The summed E-state index contributed by atoms with van der Waals surface area (Å²) < 4.78 is 26.1. The first-order valence-corrected chi connectivity index (χ1v) is 4.26. The maximum atomic E-state index is 13.4. The third-order valence-corrected chi connectivity index (χ3v) is 1.98. The molecule has 1 aromatic carbocycles. The van der Waals surface area contributed by atoms with Crippen LogP contribution in [0.2, 0.25) is 0 Å². The molecule has 0 atom stereocenters. The van der Waals surface area contributed by atoms with Gasteiger partial charge in [0, 0.05) is 11.6 Å². The summed E-state index contributed by atoms with van der Waals surface area (Å²) in [5.74, 6) is -2.38. The van der Waals surface area contributed by atoms with Gasteiger partial charge in [0.2, 0.25) is 0 Å². The fourth-order valence-corrected chi connectivity index (χ4v) is 1.28. The number of rotatable bonds is 2. The quantitative estimate of drug-likeness (QED) is 0.792. The van der Waals surface area contributed by atoms with Gasteiger partial charge in [0.25, 0.3) is 5.91 Å². The summed E-state index contributed by atoms with van der Waals surface area (Å²) in [5, 5.41) is 9.10. The van der Waals surface area contributed by atoms with Gasteiger partial charge in [-0.25, -0.2) is 8.78 Å². The molecule has 0 aliphatic carbocycles. The van der Waals surface area contributed by atoms with E-state index >= 15 is 0 Å². The van der Waals surface area contributed by atoms with Crippen LogP contribution < -0.4 is 5.73 Å². The lowest BCUT2D eigenvalue weighted by atomic mass is 10.1. The number of carbonyl (C=O) groups is 1. The largest absolute Gasteiger partial charge is 0.364 e. The first-order chi connectivity index (χ1) is 7.59. The predicted octanol–water partition coefficient (Wildman–Crippen LogP) is 0.849. The fraction of sp³-hybridized carbons (Fsp3) is 0. The predicted molar refractivity (Wildman–Crippen MR) is 50.3 cm³/mol. The molecule has 0 radical (unpaired) electrons. The number of hydrogen-bond donors (Lipinski definition) is 2. The molecule has 0 aliphatic heterocycles.